The van der Waals surface area contributed by atoms with Crippen LogP contribution in [-0.2, 0) is 9.53 Å². The first-order valence-corrected chi connectivity index (χ1v) is 10.1. The van der Waals surface area contributed by atoms with Crippen LogP contribution in [0.25, 0.3) is 0 Å². The van der Waals surface area contributed by atoms with E-state index in [-0.39, 0.29) is 5.91 Å². The summed E-state index contributed by atoms with van der Waals surface area (Å²) in [5.74, 6) is -1.19. The van der Waals surface area contributed by atoms with E-state index < -0.39 is 11.9 Å². The number of halogens is 1. The first kappa shape index (κ1) is 19.3. The molecule has 144 valence electrons. The number of carbonyl (C=O) groups excluding carboxylic acids is 2. The first-order valence-electron chi connectivity index (χ1n) is 8.99. The third-order valence-electron chi connectivity index (χ3n) is 4.72. The number of nitrogens with one attached hydrogen (secondary N) is 1. The van der Waals surface area contributed by atoms with E-state index in [0.29, 0.717) is 17.0 Å². The van der Waals surface area contributed by atoms with E-state index in [2.05, 4.69) is 27.9 Å². The molecule has 3 aromatic carbocycles. The van der Waals surface area contributed by atoms with E-state index in [0.717, 1.165) is 20.4 Å². The van der Waals surface area contributed by atoms with Gasteiger partial charge in [0, 0.05) is 9.26 Å². The van der Waals surface area contributed by atoms with Crippen molar-refractivity contribution in [3.8, 4) is 0 Å². The van der Waals surface area contributed by atoms with Crippen molar-refractivity contribution in [2.75, 3.05) is 12.4 Å². The van der Waals surface area contributed by atoms with Gasteiger partial charge in [0.1, 0.15) is 5.92 Å². The lowest BCUT2D eigenvalue weighted by Gasteiger charge is -2.14. The summed E-state index contributed by atoms with van der Waals surface area (Å²) in [5.41, 5.74) is 4.09. The molecule has 0 saturated carbocycles. The fourth-order valence-electron chi connectivity index (χ4n) is 3.34. The van der Waals surface area contributed by atoms with Crippen LogP contribution >= 0.6 is 22.6 Å². The van der Waals surface area contributed by atoms with Gasteiger partial charge < -0.3 is 10.1 Å². The fourth-order valence-corrected chi connectivity index (χ4v) is 3.70. The lowest BCUT2D eigenvalue weighted by Crippen LogP contribution is -2.21. The van der Waals surface area contributed by atoms with Gasteiger partial charge in [-0.3, -0.25) is 9.79 Å². The highest BCUT2D eigenvalue weighted by Gasteiger charge is 2.35. The molecule has 0 radical (unpaired) electrons. The van der Waals surface area contributed by atoms with Gasteiger partial charge in [0.25, 0.3) is 0 Å². The minimum Gasteiger partial charge on any atom is -0.465 e. The van der Waals surface area contributed by atoms with Crippen molar-refractivity contribution in [1.82, 2.24) is 0 Å². The van der Waals surface area contributed by atoms with E-state index in [1.54, 1.807) is 18.2 Å². The van der Waals surface area contributed by atoms with Gasteiger partial charge in [0.15, 0.2) is 0 Å². The number of ether oxygens (including phenoxy) is 1. The van der Waals surface area contributed by atoms with Crippen LogP contribution in [0.4, 0.5) is 11.4 Å². The molecular weight excluding hydrogens is 479 g/mol. The number of fused-ring (bicyclic) bond motifs is 1. The summed E-state index contributed by atoms with van der Waals surface area (Å²) in [6, 6.07) is 22.6. The molecule has 0 saturated heterocycles. The largest absolute Gasteiger partial charge is 0.465 e. The number of amides is 1. The van der Waals surface area contributed by atoms with Crippen LogP contribution in [0.2, 0.25) is 0 Å². The Balaban J connectivity index is 1.83. The Kier molecular flexibility index (Phi) is 5.44. The molecule has 0 aliphatic carbocycles. The van der Waals surface area contributed by atoms with Gasteiger partial charge in [0.2, 0.25) is 5.91 Å². The number of rotatable bonds is 4. The Morgan fingerprint density at radius 1 is 1.00 bits per heavy atom. The molecule has 1 unspecified atom stereocenters. The van der Waals surface area contributed by atoms with Crippen molar-refractivity contribution in [3.63, 3.8) is 0 Å². The van der Waals surface area contributed by atoms with Crippen LogP contribution in [0.15, 0.2) is 77.8 Å². The van der Waals surface area contributed by atoms with E-state index in [4.69, 9.17) is 9.73 Å². The van der Waals surface area contributed by atoms with Gasteiger partial charge in [-0.1, -0.05) is 36.4 Å². The lowest BCUT2D eigenvalue weighted by molar-refractivity contribution is -0.115. The van der Waals surface area contributed by atoms with Crippen LogP contribution < -0.4 is 5.32 Å². The standard InChI is InChI=1S/C23H17IN2O3/c1-29-23(28)15-7-12-18-19(13-15)26-22(27)20(18)21(14-5-3-2-4-6-14)25-17-10-8-16(24)9-11-17/h2-13,20H,1H3,(H,26,27). The number of hydrogen-bond donors (Lipinski definition) is 1. The summed E-state index contributed by atoms with van der Waals surface area (Å²) in [6.45, 7) is 0. The molecule has 1 atom stereocenters. The van der Waals surface area contributed by atoms with Crippen LogP contribution in [0, 0.1) is 3.57 Å². The van der Waals surface area contributed by atoms with Crippen molar-refractivity contribution in [2.24, 2.45) is 4.99 Å². The fraction of sp³-hybridized carbons (Fsp3) is 0.0870. The van der Waals surface area contributed by atoms with Gasteiger partial charge in [-0.05, 0) is 70.1 Å². The van der Waals surface area contributed by atoms with Crippen LogP contribution in [0.3, 0.4) is 0 Å². The van der Waals surface area contributed by atoms with Crippen molar-refractivity contribution in [1.29, 1.82) is 0 Å². The van der Waals surface area contributed by atoms with Crippen molar-refractivity contribution >= 4 is 51.6 Å². The molecule has 0 bridgehead atoms. The van der Waals surface area contributed by atoms with Gasteiger partial charge in [-0.2, -0.15) is 0 Å². The molecule has 4 rings (SSSR count). The van der Waals surface area contributed by atoms with Crippen LogP contribution in [0.1, 0.15) is 27.4 Å². The Hall–Kier alpha value is -3.00. The second-order valence-electron chi connectivity index (χ2n) is 6.56. The predicted molar refractivity (Wildman–Crippen MR) is 121 cm³/mol. The minimum atomic E-state index is -0.571. The van der Waals surface area contributed by atoms with Gasteiger partial charge in [-0.25, -0.2) is 4.79 Å². The topological polar surface area (TPSA) is 67.8 Å². The zero-order valence-corrected chi connectivity index (χ0v) is 17.7. The number of aliphatic imine (C=N–C) groups is 1. The molecule has 3 aromatic rings. The molecule has 1 aliphatic rings. The first-order chi connectivity index (χ1) is 14.1. The number of nitrogens with zero attached hydrogens (tertiary/aromatic N) is 1. The molecule has 0 fully saturated rings. The Bertz CT molecular complexity index is 1110. The minimum absolute atomic E-state index is 0.171. The van der Waals surface area contributed by atoms with Gasteiger partial charge in [-0.15, -0.1) is 0 Å². The van der Waals surface area contributed by atoms with Crippen LogP contribution in [0.5, 0.6) is 0 Å². The molecule has 1 amide bonds. The average molecular weight is 496 g/mol. The molecular formula is C23H17IN2O3. The Morgan fingerprint density at radius 2 is 1.72 bits per heavy atom. The number of esters is 1. The monoisotopic (exact) mass is 496 g/mol. The number of hydrogen-bond acceptors (Lipinski definition) is 4. The maximum absolute atomic E-state index is 12.9. The SMILES string of the molecule is COC(=O)c1ccc2c(c1)NC(=O)C2C(=Nc1ccc(I)cc1)c1ccccc1. The zero-order valence-electron chi connectivity index (χ0n) is 15.6. The number of carbonyl (C=O) groups is 2. The van der Waals surface area contributed by atoms with Gasteiger partial charge in [0.05, 0.1) is 24.1 Å². The molecule has 1 N–H and O–H groups in total. The summed E-state index contributed by atoms with van der Waals surface area (Å²) >= 11 is 2.24. The smallest absolute Gasteiger partial charge is 0.337 e. The highest BCUT2D eigenvalue weighted by molar-refractivity contribution is 14.1. The second kappa shape index (κ2) is 8.16. The Labute approximate surface area is 182 Å². The summed E-state index contributed by atoms with van der Waals surface area (Å²) in [5, 5.41) is 2.88. The Morgan fingerprint density at radius 3 is 2.41 bits per heavy atom. The second-order valence-corrected chi connectivity index (χ2v) is 7.80. The van der Waals surface area contributed by atoms with Gasteiger partial charge >= 0.3 is 5.97 Å². The molecule has 6 heteroatoms. The summed E-state index contributed by atoms with van der Waals surface area (Å²) in [7, 11) is 1.33. The number of methoxy groups -OCH3 is 1. The average Bonchev–Trinajstić information content (AvgIpc) is 3.08. The summed E-state index contributed by atoms with van der Waals surface area (Å²) < 4.78 is 5.89. The van der Waals surface area contributed by atoms with Crippen LogP contribution in [-0.4, -0.2) is 24.7 Å². The number of anilines is 1. The predicted octanol–water partition coefficient (Wildman–Crippen LogP) is 4.93. The molecule has 29 heavy (non-hydrogen) atoms. The zero-order chi connectivity index (χ0) is 20.4. The highest BCUT2D eigenvalue weighted by atomic mass is 127. The van der Waals surface area contributed by atoms with E-state index in [1.165, 1.54) is 7.11 Å². The van der Waals surface area contributed by atoms with E-state index >= 15 is 0 Å². The maximum Gasteiger partial charge on any atom is 0.337 e. The summed E-state index contributed by atoms with van der Waals surface area (Å²) in [4.78, 5) is 29.6. The van der Waals surface area contributed by atoms with E-state index in [9.17, 15) is 9.59 Å². The van der Waals surface area contributed by atoms with Crippen molar-refractivity contribution in [3.05, 3.63) is 93.1 Å². The van der Waals surface area contributed by atoms with Crippen molar-refractivity contribution < 1.29 is 14.3 Å². The molecule has 0 spiro atoms. The molecule has 5 nitrogen and oxygen atoms in total. The quantitative estimate of drug-likeness (QED) is 0.316. The highest BCUT2D eigenvalue weighted by Crippen LogP contribution is 2.37. The van der Waals surface area contributed by atoms with Crippen molar-refractivity contribution in [2.45, 2.75) is 5.92 Å². The third kappa shape index (κ3) is 3.93. The molecule has 0 aromatic heterocycles. The summed E-state index contributed by atoms with van der Waals surface area (Å²) in [6.07, 6.45) is 0. The molecule has 1 aliphatic heterocycles. The number of benzene rings is 3. The van der Waals surface area contributed by atoms with E-state index in [1.807, 2.05) is 54.6 Å². The lowest BCUT2D eigenvalue weighted by atomic mass is 9.90. The molecule has 1 heterocycles. The maximum atomic E-state index is 12.9. The third-order valence-corrected chi connectivity index (χ3v) is 5.44. The normalized spacial score (nSPS) is 15.6.